The van der Waals surface area contributed by atoms with Crippen LogP contribution in [0.2, 0.25) is 0 Å². The molecule has 4 nitrogen and oxygen atoms in total. The number of aliphatic imine (C=N–C) groups is 1. The SMILES string of the molecule is C#CCOc1ccc2ccccc2c1/C=C1\SC(=Nc2cccc(C)c2)NC1=O. The van der Waals surface area contributed by atoms with E-state index in [0.717, 1.165) is 27.6 Å². The van der Waals surface area contributed by atoms with Crippen molar-refractivity contribution in [2.45, 2.75) is 6.92 Å². The number of nitrogens with zero attached hydrogens (tertiary/aromatic N) is 1. The molecule has 1 N–H and O–H groups in total. The molecular formula is C24H18N2O2S. The van der Waals surface area contributed by atoms with Crippen LogP contribution in [0.5, 0.6) is 5.75 Å². The molecule has 1 fully saturated rings. The Morgan fingerprint density at radius 2 is 2.03 bits per heavy atom. The first-order chi connectivity index (χ1) is 14.1. The second-order valence-corrected chi connectivity index (χ2v) is 7.54. The Morgan fingerprint density at radius 3 is 2.86 bits per heavy atom. The first kappa shape index (κ1) is 18.9. The van der Waals surface area contributed by atoms with E-state index in [4.69, 9.17) is 11.2 Å². The largest absolute Gasteiger partial charge is 0.480 e. The number of aryl methyl sites for hydroxylation is 1. The molecule has 0 unspecified atom stereocenters. The highest BCUT2D eigenvalue weighted by molar-refractivity contribution is 8.18. The van der Waals surface area contributed by atoms with Crippen molar-refractivity contribution in [3.63, 3.8) is 0 Å². The summed E-state index contributed by atoms with van der Waals surface area (Å²) in [6.45, 7) is 2.17. The number of benzene rings is 3. The molecule has 0 saturated carbocycles. The van der Waals surface area contributed by atoms with Crippen LogP contribution in [0.4, 0.5) is 5.69 Å². The summed E-state index contributed by atoms with van der Waals surface area (Å²) in [7, 11) is 0. The zero-order valence-corrected chi connectivity index (χ0v) is 16.6. The number of carbonyl (C=O) groups excluding carboxylic acids is 1. The number of thioether (sulfide) groups is 1. The van der Waals surface area contributed by atoms with Gasteiger partial charge in [-0.2, -0.15) is 0 Å². The lowest BCUT2D eigenvalue weighted by Gasteiger charge is -2.10. The van der Waals surface area contributed by atoms with E-state index in [1.54, 1.807) is 0 Å². The fourth-order valence-corrected chi connectivity index (χ4v) is 3.92. The molecule has 0 radical (unpaired) electrons. The monoisotopic (exact) mass is 398 g/mol. The average Bonchev–Trinajstić information content (AvgIpc) is 3.06. The van der Waals surface area contributed by atoms with Crippen LogP contribution in [0.15, 0.2) is 70.6 Å². The molecule has 142 valence electrons. The average molecular weight is 398 g/mol. The molecule has 0 bridgehead atoms. The minimum Gasteiger partial charge on any atom is -0.480 e. The van der Waals surface area contributed by atoms with Gasteiger partial charge in [-0.05, 0) is 59.3 Å². The number of hydrogen-bond acceptors (Lipinski definition) is 4. The van der Waals surface area contributed by atoms with Gasteiger partial charge < -0.3 is 10.1 Å². The summed E-state index contributed by atoms with van der Waals surface area (Å²) in [6.07, 6.45) is 7.19. The predicted octanol–water partition coefficient (Wildman–Crippen LogP) is 5.05. The van der Waals surface area contributed by atoms with Crippen LogP contribution < -0.4 is 10.1 Å². The molecule has 29 heavy (non-hydrogen) atoms. The van der Waals surface area contributed by atoms with Gasteiger partial charge in [0.1, 0.15) is 12.4 Å². The van der Waals surface area contributed by atoms with Crippen molar-refractivity contribution in [3.05, 3.63) is 76.7 Å². The third kappa shape index (κ3) is 4.18. The number of carbonyl (C=O) groups is 1. The zero-order chi connectivity index (χ0) is 20.2. The van der Waals surface area contributed by atoms with Crippen LogP contribution in [0.3, 0.4) is 0 Å². The predicted molar refractivity (Wildman–Crippen MR) is 120 cm³/mol. The van der Waals surface area contributed by atoms with E-state index in [1.165, 1.54) is 11.8 Å². The van der Waals surface area contributed by atoms with Gasteiger partial charge in [0.05, 0.1) is 10.6 Å². The summed E-state index contributed by atoms with van der Waals surface area (Å²) in [6, 6.07) is 19.7. The Kier molecular flexibility index (Phi) is 5.37. The van der Waals surface area contributed by atoms with Gasteiger partial charge in [-0.3, -0.25) is 4.79 Å². The van der Waals surface area contributed by atoms with Crippen molar-refractivity contribution in [1.29, 1.82) is 0 Å². The molecule has 0 aliphatic carbocycles. The molecule has 1 aliphatic heterocycles. The standard InChI is InChI=1S/C24H18N2O2S/c1-3-13-28-21-12-11-17-8-4-5-10-19(17)20(21)15-22-23(27)26-24(29-22)25-18-9-6-7-16(2)14-18/h1,4-12,14-15H,13H2,2H3,(H,25,26,27)/b22-15-. The smallest absolute Gasteiger partial charge is 0.264 e. The van der Waals surface area contributed by atoms with Crippen LogP contribution in [-0.2, 0) is 4.79 Å². The van der Waals surface area contributed by atoms with Crippen molar-refractivity contribution < 1.29 is 9.53 Å². The van der Waals surface area contributed by atoms with E-state index in [0.29, 0.717) is 15.8 Å². The topological polar surface area (TPSA) is 50.7 Å². The number of amides is 1. The van der Waals surface area contributed by atoms with Gasteiger partial charge in [-0.15, -0.1) is 6.42 Å². The molecule has 1 saturated heterocycles. The molecule has 1 heterocycles. The molecule has 1 aliphatic rings. The second kappa shape index (κ2) is 8.26. The molecule has 0 aromatic heterocycles. The van der Waals surface area contributed by atoms with Crippen LogP contribution in [-0.4, -0.2) is 17.7 Å². The lowest BCUT2D eigenvalue weighted by molar-refractivity contribution is -0.115. The zero-order valence-electron chi connectivity index (χ0n) is 15.8. The second-order valence-electron chi connectivity index (χ2n) is 6.51. The minimum atomic E-state index is -0.183. The Labute approximate surface area is 173 Å². The maximum Gasteiger partial charge on any atom is 0.264 e. The highest BCUT2D eigenvalue weighted by Gasteiger charge is 2.24. The van der Waals surface area contributed by atoms with E-state index in [9.17, 15) is 4.79 Å². The molecule has 4 rings (SSSR count). The highest BCUT2D eigenvalue weighted by atomic mass is 32.2. The van der Waals surface area contributed by atoms with Gasteiger partial charge >= 0.3 is 0 Å². The van der Waals surface area contributed by atoms with Crippen LogP contribution in [0.25, 0.3) is 16.8 Å². The molecule has 1 amide bonds. The van der Waals surface area contributed by atoms with Crippen molar-refractivity contribution in [3.8, 4) is 18.1 Å². The first-order valence-electron chi connectivity index (χ1n) is 9.08. The molecule has 3 aromatic rings. The summed E-state index contributed by atoms with van der Waals surface area (Å²) in [5.74, 6) is 2.95. The van der Waals surface area contributed by atoms with Gasteiger partial charge in [0.25, 0.3) is 5.91 Å². The number of hydrogen-bond donors (Lipinski definition) is 1. The number of nitrogens with one attached hydrogen (secondary N) is 1. The van der Waals surface area contributed by atoms with Crippen LogP contribution in [0, 0.1) is 19.3 Å². The van der Waals surface area contributed by atoms with Crippen molar-refractivity contribution >= 4 is 45.4 Å². The quantitative estimate of drug-likeness (QED) is 0.494. The molecular weight excluding hydrogens is 380 g/mol. The lowest BCUT2D eigenvalue weighted by Crippen LogP contribution is -2.19. The van der Waals surface area contributed by atoms with Gasteiger partial charge in [0, 0.05) is 5.56 Å². The maximum atomic E-state index is 12.6. The number of rotatable bonds is 4. The summed E-state index contributed by atoms with van der Waals surface area (Å²) >= 11 is 1.31. The number of ether oxygens (including phenoxy) is 1. The van der Waals surface area contributed by atoms with Gasteiger partial charge in [-0.1, -0.05) is 48.4 Å². The van der Waals surface area contributed by atoms with Gasteiger partial charge in [0.2, 0.25) is 0 Å². The fourth-order valence-electron chi connectivity index (χ4n) is 3.10. The van der Waals surface area contributed by atoms with E-state index in [1.807, 2.05) is 73.7 Å². The lowest BCUT2D eigenvalue weighted by atomic mass is 10.0. The van der Waals surface area contributed by atoms with E-state index < -0.39 is 0 Å². The van der Waals surface area contributed by atoms with Crippen molar-refractivity contribution in [2.24, 2.45) is 4.99 Å². The highest BCUT2D eigenvalue weighted by Crippen LogP contribution is 2.34. The Balaban J connectivity index is 1.73. The first-order valence-corrected chi connectivity index (χ1v) is 9.90. The Bertz CT molecular complexity index is 1200. The van der Waals surface area contributed by atoms with Crippen molar-refractivity contribution in [2.75, 3.05) is 6.61 Å². The van der Waals surface area contributed by atoms with Crippen LogP contribution in [0.1, 0.15) is 11.1 Å². The fraction of sp³-hybridized carbons (Fsp3) is 0.0833. The molecule has 5 heteroatoms. The van der Waals surface area contributed by atoms with Crippen LogP contribution >= 0.6 is 11.8 Å². The number of fused-ring (bicyclic) bond motifs is 1. The molecule has 0 atom stereocenters. The summed E-state index contributed by atoms with van der Waals surface area (Å²) in [4.78, 5) is 17.7. The number of terminal acetylenes is 1. The molecule has 3 aromatic carbocycles. The van der Waals surface area contributed by atoms with Gasteiger partial charge in [0.15, 0.2) is 5.17 Å². The number of amidine groups is 1. The van der Waals surface area contributed by atoms with E-state index >= 15 is 0 Å². The Morgan fingerprint density at radius 1 is 1.17 bits per heavy atom. The molecule has 0 spiro atoms. The summed E-state index contributed by atoms with van der Waals surface area (Å²) in [5.41, 5.74) is 2.74. The van der Waals surface area contributed by atoms with Crippen molar-refractivity contribution in [1.82, 2.24) is 5.32 Å². The summed E-state index contributed by atoms with van der Waals surface area (Å²) < 4.78 is 5.72. The normalized spacial score (nSPS) is 16.2. The van der Waals surface area contributed by atoms with E-state index in [2.05, 4.69) is 16.2 Å². The Hall–Kier alpha value is -3.49. The third-order valence-electron chi connectivity index (χ3n) is 4.40. The van der Waals surface area contributed by atoms with E-state index in [-0.39, 0.29) is 12.5 Å². The maximum absolute atomic E-state index is 12.6. The minimum absolute atomic E-state index is 0.161. The summed E-state index contributed by atoms with van der Waals surface area (Å²) in [5, 5.41) is 5.44. The van der Waals surface area contributed by atoms with Gasteiger partial charge in [-0.25, -0.2) is 4.99 Å². The third-order valence-corrected chi connectivity index (χ3v) is 5.31.